The highest BCUT2D eigenvalue weighted by molar-refractivity contribution is 5.92. The number of aryl methyl sites for hydroxylation is 4. The lowest BCUT2D eigenvalue weighted by Gasteiger charge is -2.14. The lowest BCUT2D eigenvalue weighted by molar-refractivity contribution is -0.118. The average Bonchev–Trinajstić information content (AvgIpc) is 2.75. The molecule has 3 rings (SSSR count). The predicted molar refractivity (Wildman–Crippen MR) is 126 cm³/mol. The monoisotopic (exact) mass is 418 g/mol. The molecule has 0 saturated heterocycles. The van der Waals surface area contributed by atoms with E-state index in [-0.39, 0.29) is 12.5 Å². The average molecular weight is 419 g/mol. The standard InChI is InChI=1S/C26H30N2O3/c1-17-6-10-23(20(4)12-17)28-26(29)16-31-24-11-8-21(14-25(24)30-5)15-27-22-9-7-18(2)19(3)13-22/h6-14,27H,15-16H2,1-5H3,(H,28,29). The topological polar surface area (TPSA) is 59.6 Å². The van der Waals surface area contributed by atoms with Gasteiger partial charge < -0.3 is 20.1 Å². The fraction of sp³-hybridized carbons (Fsp3) is 0.269. The van der Waals surface area contributed by atoms with E-state index in [4.69, 9.17) is 9.47 Å². The summed E-state index contributed by atoms with van der Waals surface area (Å²) in [6.07, 6.45) is 0. The van der Waals surface area contributed by atoms with Crippen LogP contribution in [0.15, 0.2) is 54.6 Å². The van der Waals surface area contributed by atoms with E-state index in [2.05, 4.69) is 42.7 Å². The van der Waals surface area contributed by atoms with E-state index < -0.39 is 0 Å². The number of hydrogen-bond donors (Lipinski definition) is 2. The van der Waals surface area contributed by atoms with Crippen LogP contribution in [0, 0.1) is 27.7 Å². The molecule has 0 fully saturated rings. The van der Waals surface area contributed by atoms with Crippen LogP contribution in [-0.2, 0) is 11.3 Å². The number of hydrogen-bond acceptors (Lipinski definition) is 4. The van der Waals surface area contributed by atoms with Crippen molar-refractivity contribution < 1.29 is 14.3 Å². The lowest BCUT2D eigenvalue weighted by atomic mass is 10.1. The van der Waals surface area contributed by atoms with Crippen LogP contribution in [0.4, 0.5) is 11.4 Å². The summed E-state index contributed by atoms with van der Waals surface area (Å²) in [7, 11) is 1.60. The molecule has 5 heteroatoms. The Bertz CT molecular complexity index is 1080. The summed E-state index contributed by atoms with van der Waals surface area (Å²) in [5.74, 6) is 0.918. The van der Waals surface area contributed by atoms with Crippen molar-refractivity contribution in [1.82, 2.24) is 0 Å². The molecule has 0 aromatic heterocycles. The number of carbonyl (C=O) groups excluding carboxylic acids is 1. The molecule has 5 nitrogen and oxygen atoms in total. The summed E-state index contributed by atoms with van der Waals surface area (Å²) < 4.78 is 11.2. The maximum atomic E-state index is 12.3. The van der Waals surface area contributed by atoms with Gasteiger partial charge in [0, 0.05) is 17.9 Å². The smallest absolute Gasteiger partial charge is 0.262 e. The van der Waals surface area contributed by atoms with Gasteiger partial charge in [0.15, 0.2) is 18.1 Å². The quantitative estimate of drug-likeness (QED) is 0.503. The molecule has 3 aromatic carbocycles. The first-order valence-electron chi connectivity index (χ1n) is 10.3. The molecule has 0 heterocycles. The van der Waals surface area contributed by atoms with Crippen LogP contribution < -0.4 is 20.1 Å². The Hall–Kier alpha value is -3.47. The van der Waals surface area contributed by atoms with E-state index in [1.807, 2.05) is 50.2 Å². The van der Waals surface area contributed by atoms with Crippen molar-refractivity contribution in [3.8, 4) is 11.5 Å². The van der Waals surface area contributed by atoms with Crippen molar-refractivity contribution in [3.05, 3.63) is 82.4 Å². The summed E-state index contributed by atoms with van der Waals surface area (Å²) in [5.41, 5.74) is 7.63. The summed E-state index contributed by atoms with van der Waals surface area (Å²) in [6.45, 7) is 8.76. The second-order valence-electron chi connectivity index (χ2n) is 7.79. The Balaban J connectivity index is 1.59. The molecule has 0 aliphatic rings. The van der Waals surface area contributed by atoms with E-state index >= 15 is 0 Å². The maximum absolute atomic E-state index is 12.3. The zero-order chi connectivity index (χ0) is 22.4. The van der Waals surface area contributed by atoms with Gasteiger partial charge in [0.1, 0.15) is 0 Å². The number of nitrogens with one attached hydrogen (secondary N) is 2. The van der Waals surface area contributed by atoms with Crippen LogP contribution in [0.25, 0.3) is 0 Å². The van der Waals surface area contributed by atoms with Crippen LogP contribution in [0.5, 0.6) is 11.5 Å². The van der Waals surface area contributed by atoms with E-state index in [0.29, 0.717) is 18.0 Å². The Kier molecular flexibility index (Phi) is 7.19. The van der Waals surface area contributed by atoms with Crippen LogP contribution in [0.3, 0.4) is 0 Å². The highest BCUT2D eigenvalue weighted by Crippen LogP contribution is 2.28. The summed E-state index contributed by atoms with van der Waals surface area (Å²) in [5, 5.41) is 6.31. The first-order chi connectivity index (χ1) is 14.9. The van der Waals surface area contributed by atoms with Crippen molar-refractivity contribution in [2.45, 2.75) is 34.2 Å². The minimum absolute atomic E-state index is 0.0933. The normalized spacial score (nSPS) is 10.5. The van der Waals surface area contributed by atoms with Crippen LogP contribution in [0.1, 0.15) is 27.8 Å². The largest absolute Gasteiger partial charge is 0.493 e. The van der Waals surface area contributed by atoms with Crippen molar-refractivity contribution in [2.75, 3.05) is 24.4 Å². The van der Waals surface area contributed by atoms with Crippen molar-refractivity contribution >= 4 is 17.3 Å². The minimum atomic E-state index is -0.213. The number of methoxy groups -OCH3 is 1. The first-order valence-corrected chi connectivity index (χ1v) is 10.3. The van der Waals surface area contributed by atoms with E-state index in [1.54, 1.807) is 7.11 Å². The molecule has 162 valence electrons. The van der Waals surface area contributed by atoms with Crippen LogP contribution in [0.2, 0.25) is 0 Å². The van der Waals surface area contributed by atoms with E-state index in [1.165, 1.54) is 11.1 Å². The third-order valence-corrected chi connectivity index (χ3v) is 5.25. The van der Waals surface area contributed by atoms with E-state index in [9.17, 15) is 4.79 Å². The molecule has 31 heavy (non-hydrogen) atoms. The Morgan fingerprint density at radius 1 is 0.839 bits per heavy atom. The number of ether oxygens (including phenoxy) is 2. The van der Waals surface area contributed by atoms with Gasteiger partial charge in [-0.2, -0.15) is 0 Å². The van der Waals surface area contributed by atoms with Gasteiger partial charge in [0.2, 0.25) is 0 Å². The third kappa shape index (κ3) is 6.01. The second kappa shape index (κ2) is 10.0. The van der Waals surface area contributed by atoms with Crippen LogP contribution in [-0.4, -0.2) is 19.6 Å². The molecule has 0 spiro atoms. The number of carbonyl (C=O) groups is 1. The summed E-state index contributed by atoms with van der Waals surface area (Å²) >= 11 is 0. The molecule has 0 atom stereocenters. The Labute approximate surface area is 184 Å². The zero-order valence-corrected chi connectivity index (χ0v) is 18.8. The van der Waals surface area contributed by atoms with Gasteiger partial charge in [-0.25, -0.2) is 0 Å². The van der Waals surface area contributed by atoms with Crippen molar-refractivity contribution in [2.24, 2.45) is 0 Å². The molecule has 0 bridgehead atoms. The van der Waals surface area contributed by atoms with Gasteiger partial charge in [-0.15, -0.1) is 0 Å². The molecule has 0 unspecified atom stereocenters. The number of amides is 1. The highest BCUT2D eigenvalue weighted by atomic mass is 16.5. The van der Waals surface area contributed by atoms with Gasteiger partial charge in [0.25, 0.3) is 5.91 Å². The SMILES string of the molecule is COc1cc(CNc2ccc(C)c(C)c2)ccc1OCC(=O)Nc1ccc(C)cc1C. The summed E-state index contributed by atoms with van der Waals surface area (Å²) in [4.78, 5) is 12.3. The molecular weight excluding hydrogens is 388 g/mol. The van der Waals surface area contributed by atoms with Gasteiger partial charge in [0.05, 0.1) is 7.11 Å². The zero-order valence-electron chi connectivity index (χ0n) is 18.8. The molecule has 0 saturated carbocycles. The summed E-state index contributed by atoms with van der Waals surface area (Å²) in [6, 6.07) is 17.9. The molecule has 0 radical (unpaired) electrons. The van der Waals surface area contributed by atoms with Crippen molar-refractivity contribution in [3.63, 3.8) is 0 Å². The fourth-order valence-corrected chi connectivity index (χ4v) is 3.28. The lowest BCUT2D eigenvalue weighted by Crippen LogP contribution is -2.20. The molecule has 3 aromatic rings. The molecular formula is C26H30N2O3. The molecule has 0 aliphatic carbocycles. The van der Waals surface area contributed by atoms with Crippen molar-refractivity contribution in [1.29, 1.82) is 0 Å². The molecule has 2 N–H and O–H groups in total. The maximum Gasteiger partial charge on any atom is 0.262 e. The third-order valence-electron chi connectivity index (χ3n) is 5.25. The number of rotatable bonds is 8. The molecule has 1 amide bonds. The fourth-order valence-electron chi connectivity index (χ4n) is 3.28. The Morgan fingerprint density at radius 3 is 2.35 bits per heavy atom. The first kappa shape index (κ1) is 22.2. The van der Waals surface area contributed by atoms with Gasteiger partial charge >= 0.3 is 0 Å². The van der Waals surface area contributed by atoms with Crippen LogP contribution >= 0.6 is 0 Å². The van der Waals surface area contributed by atoms with Gasteiger partial charge in [-0.3, -0.25) is 4.79 Å². The predicted octanol–water partition coefficient (Wildman–Crippen LogP) is 5.56. The van der Waals surface area contributed by atoms with E-state index in [0.717, 1.165) is 28.1 Å². The van der Waals surface area contributed by atoms with Gasteiger partial charge in [-0.05, 0) is 80.3 Å². The number of benzene rings is 3. The highest BCUT2D eigenvalue weighted by Gasteiger charge is 2.10. The molecule has 0 aliphatic heterocycles. The second-order valence-corrected chi connectivity index (χ2v) is 7.79. The Morgan fingerprint density at radius 2 is 1.65 bits per heavy atom. The minimum Gasteiger partial charge on any atom is -0.493 e. The van der Waals surface area contributed by atoms with Gasteiger partial charge in [-0.1, -0.05) is 29.8 Å². The number of anilines is 2.